The summed E-state index contributed by atoms with van der Waals surface area (Å²) in [6.45, 7) is 0. The number of hydrogen-bond donors (Lipinski definition) is 2. The van der Waals surface area contributed by atoms with Crippen molar-refractivity contribution in [2.24, 2.45) is 5.73 Å². The SMILES string of the molecule is NC1CCCC2SC[C@@H](C(=O)O)N2C1=O. The van der Waals surface area contributed by atoms with E-state index in [1.807, 2.05) is 0 Å². The predicted octanol–water partition coefficient (Wildman–Crippen LogP) is -0.148. The van der Waals surface area contributed by atoms with Crippen LogP contribution in [0.5, 0.6) is 0 Å². The summed E-state index contributed by atoms with van der Waals surface area (Å²) in [5.74, 6) is -0.638. The maximum atomic E-state index is 11.9. The van der Waals surface area contributed by atoms with Gasteiger partial charge in [-0.25, -0.2) is 4.79 Å². The fourth-order valence-electron chi connectivity index (χ4n) is 2.10. The fraction of sp³-hybridized carbons (Fsp3) is 0.778. The third kappa shape index (κ3) is 1.83. The number of aliphatic carboxylic acids is 1. The molecule has 2 rings (SSSR count). The molecule has 6 heteroatoms. The number of nitrogens with two attached hydrogens (primary N) is 1. The number of amides is 1. The molecule has 2 aliphatic heterocycles. The van der Waals surface area contributed by atoms with Gasteiger partial charge in [-0.1, -0.05) is 0 Å². The van der Waals surface area contributed by atoms with Gasteiger partial charge in [0.15, 0.2) is 0 Å². The Labute approximate surface area is 92.0 Å². The van der Waals surface area contributed by atoms with Gasteiger partial charge in [-0.05, 0) is 19.3 Å². The van der Waals surface area contributed by atoms with Crippen molar-refractivity contribution in [2.45, 2.75) is 36.7 Å². The van der Waals surface area contributed by atoms with E-state index in [2.05, 4.69) is 0 Å². The first-order valence-corrected chi connectivity index (χ1v) is 6.08. The number of rotatable bonds is 1. The molecule has 3 N–H and O–H groups in total. The van der Waals surface area contributed by atoms with E-state index in [4.69, 9.17) is 10.8 Å². The summed E-state index contributed by atoms with van der Waals surface area (Å²) in [7, 11) is 0. The molecule has 1 amide bonds. The molecule has 0 aromatic carbocycles. The second kappa shape index (κ2) is 4.02. The molecule has 0 spiro atoms. The predicted molar refractivity (Wildman–Crippen MR) is 56.3 cm³/mol. The molecule has 15 heavy (non-hydrogen) atoms. The molecule has 84 valence electrons. The third-order valence-corrected chi connectivity index (χ3v) is 4.27. The van der Waals surface area contributed by atoms with E-state index in [0.717, 1.165) is 12.8 Å². The maximum Gasteiger partial charge on any atom is 0.327 e. The van der Waals surface area contributed by atoms with Crippen LogP contribution < -0.4 is 5.73 Å². The minimum Gasteiger partial charge on any atom is -0.480 e. The second-order valence-corrected chi connectivity index (χ2v) is 5.14. The zero-order valence-electron chi connectivity index (χ0n) is 8.26. The number of carboxylic acids is 1. The lowest BCUT2D eigenvalue weighted by molar-refractivity contribution is -0.149. The molecular formula is C9H14N2O3S. The zero-order chi connectivity index (χ0) is 11.0. The van der Waals surface area contributed by atoms with Crippen molar-refractivity contribution in [3.8, 4) is 0 Å². The van der Waals surface area contributed by atoms with Crippen LogP contribution in [-0.4, -0.2) is 45.1 Å². The van der Waals surface area contributed by atoms with Crippen LogP contribution in [0.25, 0.3) is 0 Å². The average Bonchev–Trinajstić information content (AvgIpc) is 2.55. The van der Waals surface area contributed by atoms with Gasteiger partial charge in [0.2, 0.25) is 5.91 Å². The normalized spacial score (nSPS) is 36.2. The fourth-order valence-corrected chi connectivity index (χ4v) is 3.55. The minimum absolute atomic E-state index is 0.0205. The van der Waals surface area contributed by atoms with Crippen molar-refractivity contribution in [3.63, 3.8) is 0 Å². The van der Waals surface area contributed by atoms with Gasteiger partial charge < -0.3 is 15.7 Å². The van der Waals surface area contributed by atoms with Gasteiger partial charge in [-0.2, -0.15) is 0 Å². The Morgan fingerprint density at radius 3 is 2.93 bits per heavy atom. The summed E-state index contributed by atoms with van der Waals surface area (Å²) in [5.41, 5.74) is 5.70. The van der Waals surface area contributed by atoms with Crippen molar-refractivity contribution < 1.29 is 14.7 Å². The Kier molecular flexibility index (Phi) is 2.88. The van der Waals surface area contributed by atoms with E-state index < -0.39 is 18.1 Å². The van der Waals surface area contributed by atoms with E-state index in [9.17, 15) is 9.59 Å². The van der Waals surface area contributed by atoms with Crippen molar-refractivity contribution in [1.82, 2.24) is 4.90 Å². The third-order valence-electron chi connectivity index (χ3n) is 2.92. The first-order valence-electron chi connectivity index (χ1n) is 5.03. The van der Waals surface area contributed by atoms with Gasteiger partial charge in [-0.15, -0.1) is 11.8 Å². The Morgan fingerprint density at radius 2 is 2.27 bits per heavy atom. The molecule has 2 saturated heterocycles. The highest BCUT2D eigenvalue weighted by Gasteiger charge is 2.44. The molecule has 0 aromatic rings. The highest BCUT2D eigenvalue weighted by atomic mass is 32.2. The lowest BCUT2D eigenvalue weighted by Gasteiger charge is -2.26. The zero-order valence-corrected chi connectivity index (χ0v) is 9.07. The molecule has 0 aromatic heterocycles. The number of fused-ring (bicyclic) bond motifs is 1. The van der Waals surface area contributed by atoms with Gasteiger partial charge in [0.1, 0.15) is 6.04 Å². The first-order chi connectivity index (χ1) is 7.11. The number of thioether (sulfide) groups is 1. The molecule has 2 fully saturated rings. The van der Waals surface area contributed by atoms with Gasteiger partial charge in [0.05, 0.1) is 11.4 Å². The van der Waals surface area contributed by atoms with Gasteiger partial charge in [0.25, 0.3) is 0 Å². The van der Waals surface area contributed by atoms with E-state index >= 15 is 0 Å². The monoisotopic (exact) mass is 230 g/mol. The van der Waals surface area contributed by atoms with Crippen molar-refractivity contribution in [1.29, 1.82) is 0 Å². The minimum atomic E-state index is -0.924. The molecule has 3 atom stereocenters. The average molecular weight is 230 g/mol. The summed E-state index contributed by atoms with van der Waals surface area (Å²) in [6.07, 6.45) is 2.42. The second-order valence-electron chi connectivity index (χ2n) is 3.92. The summed E-state index contributed by atoms with van der Waals surface area (Å²) in [5, 5.41) is 9.02. The smallest absolute Gasteiger partial charge is 0.327 e. The van der Waals surface area contributed by atoms with E-state index in [1.165, 1.54) is 4.90 Å². The molecule has 2 unspecified atom stereocenters. The molecular weight excluding hydrogens is 216 g/mol. The Balaban J connectivity index is 2.23. The standard InChI is InChI=1S/C9H14N2O3S/c10-5-2-1-3-7-11(8(5)12)6(4-15-7)9(13)14/h5-7H,1-4,10H2,(H,13,14)/t5?,6-,7?/m0/s1. The molecule has 0 bridgehead atoms. The lowest BCUT2D eigenvalue weighted by Crippen LogP contribution is -2.50. The Morgan fingerprint density at radius 1 is 1.53 bits per heavy atom. The summed E-state index contributed by atoms with van der Waals surface area (Å²) in [6, 6.07) is -1.20. The van der Waals surface area contributed by atoms with Crippen LogP contribution in [0.1, 0.15) is 19.3 Å². The molecule has 0 saturated carbocycles. The molecule has 5 nitrogen and oxygen atoms in total. The molecule has 0 radical (unpaired) electrons. The number of carbonyl (C=O) groups excluding carboxylic acids is 1. The van der Waals surface area contributed by atoms with Crippen LogP contribution in [0.15, 0.2) is 0 Å². The van der Waals surface area contributed by atoms with Crippen LogP contribution >= 0.6 is 11.8 Å². The highest BCUT2D eigenvalue weighted by molar-refractivity contribution is 8.00. The maximum absolute atomic E-state index is 11.9. The number of hydrogen-bond acceptors (Lipinski definition) is 4. The summed E-state index contributed by atoms with van der Waals surface area (Å²) >= 11 is 1.55. The largest absolute Gasteiger partial charge is 0.480 e. The number of nitrogens with zero attached hydrogens (tertiary/aromatic N) is 1. The lowest BCUT2D eigenvalue weighted by atomic mass is 10.1. The van der Waals surface area contributed by atoms with E-state index in [0.29, 0.717) is 12.2 Å². The van der Waals surface area contributed by atoms with Crippen molar-refractivity contribution >= 4 is 23.6 Å². The van der Waals surface area contributed by atoms with Crippen LogP contribution in [0.3, 0.4) is 0 Å². The van der Waals surface area contributed by atoms with Gasteiger partial charge in [0, 0.05) is 5.75 Å². The quantitative estimate of drug-likeness (QED) is 0.654. The van der Waals surface area contributed by atoms with E-state index in [-0.39, 0.29) is 11.3 Å². The van der Waals surface area contributed by atoms with Crippen molar-refractivity contribution in [3.05, 3.63) is 0 Å². The highest BCUT2D eigenvalue weighted by Crippen LogP contribution is 2.35. The van der Waals surface area contributed by atoms with E-state index in [1.54, 1.807) is 11.8 Å². The number of carbonyl (C=O) groups is 2. The molecule has 0 aliphatic carbocycles. The topological polar surface area (TPSA) is 83.6 Å². The molecule has 2 heterocycles. The molecule has 2 aliphatic rings. The Hall–Kier alpha value is -0.750. The first kappa shape index (κ1) is 10.8. The van der Waals surface area contributed by atoms with Crippen LogP contribution in [0, 0.1) is 0 Å². The Bertz CT molecular complexity index is 297. The van der Waals surface area contributed by atoms with Crippen LogP contribution in [0.4, 0.5) is 0 Å². The van der Waals surface area contributed by atoms with Gasteiger partial charge in [-0.3, -0.25) is 4.79 Å². The summed E-state index contributed by atoms with van der Waals surface area (Å²) in [4.78, 5) is 24.3. The summed E-state index contributed by atoms with van der Waals surface area (Å²) < 4.78 is 0. The van der Waals surface area contributed by atoms with Crippen molar-refractivity contribution in [2.75, 3.05) is 5.75 Å². The van der Waals surface area contributed by atoms with Crippen LogP contribution in [0.2, 0.25) is 0 Å². The van der Waals surface area contributed by atoms with Crippen LogP contribution in [-0.2, 0) is 9.59 Å². The number of carboxylic acid groups (broad SMARTS) is 1. The van der Waals surface area contributed by atoms with Gasteiger partial charge >= 0.3 is 5.97 Å².